The molecule has 21 heavy (non-hydrogen) atoms. The summed E-state index contributed by atoms with van der Waals surface area (Å²) in [5.74, 6) is 0.299. The molecule has 0 aliphatic carbocycles. The van der Waals surface area contributed by atoms with Gasteiger partial charge in [0.2, 0.25) is 5.91 Å². The van der Waals surface area contributed by atoms with Crippen LogP contribution < -0.4 is 0 Å². The molecular weight excluding hydrogens is 264 g/mol. The third-order valence-corrected chi connectivity index (χ3v) is 5.07. The predicted molar refractivity (Wildman–Crippen MR) is 86.5 cm³/mol. The lowest BCUT2D eigenvalue weighted by Gasteiger charge is -2.35. The van der Waals surface area contributed by atoms with Crippen molar-refractivity contribution in [1.82, 2.24) is 19.6 Å². The van der Waals surface area contributed by atoms with Crippen molar-refractivity contribution >= 4 is 5.91 Å². The summed E-state index contributed by atoms with van der Waals surface area (Å²) in [6, 6.07) is 0.552. The van der Waals surface area contributed by atoms with Crippen LogP contribution >= 0.6 is 0 Å². The van der Waals surface area contributed by atoms with E-state index in [2.05, 4.69) is 28.8 Å². The lowest BCUT2D eigenvalue weighted by Crippen LogP contribution is -2.47. The molecule has 0 spiro atoms. The van der Waals surface area contributed by atoms with Crippen molar-refractivity contribution in [2.75, 3.05) is 67.0 Å². The van der Waals surface area contributed by atoms with Crippen molar-refractivity contribution in [3.63, 3.8) is 0 Å². The molecule has 0 N–H and O–H groups in total. The molecular formula is C16H32N4O. The average Bonchev–Trinajstić information content (AvgIpc) is 2.48. The summed E-state index contributed by atoms with van der Waals surface area (Å²) >= 11 is 0. The Balaban J connectivity index is 1.67. The van der Waals surface area contributed by atoms with Gasteiger partial charge >= 0.3 is 0 Å². The summed E-state index contributed by atoms with van der Waals surface area (Å²) in [5.41, 5.74) is 0. The molecule has 2 aliphatic rings. The molecule has 5 nitrogen and oxygen atoms in total. The van der Waals surface area contributed by atoms with E-state index < -0.39 is 0 Å². The zero-order valence-corrected chi connectivity index (χ0v) is 14.1. The van der Waals surface area contributed by atoms with Crippen LogP contribution in [0.1, 0.15) is 25.7 Å². The second-order valence-corrected chi connectivity index (χ2v) is 6.80. The van der Waals surface area contributed by atoms with E-state index in [4.69, 9.17) is 0 Å². The Morgan fingerprint density at radius 1 is 1.10 bits per heavy atom. The fourth-order valence-electron chi connectivity index (χ4n) is 3.31. The molecule has 0 aromatic carbocycles. The molecule has 0 saturated carbocycles. The number of nitrogens with zero attached hydrogens (tertiary/aromatic N) is 4. The highest BCUT2D eigenvalue weighted by Gasteiger charge is 2.22. The Morgan fingerprint density at radius 2 is 1.81 bits per heavy atom. The Kier molecular flexibility index (Phi) is 6.45. The Hall–Kier alpha value is -0.650. The first-order valence-corrected chi connectivity index (χ1v) is 8.41. The number of hydrogen-bond acceptors (Lipinski definition) is 4. The number of hydrogen-bond donors (Lipinski definition) is 0. The second kappa shape index (κ2) is 8.11. The first kappa shape index (κ1) is 16.7. The molecule has 2 aliphatic heterocycles. The van der Waals surface area contributed by atoms with Gasteiger partial charge in [0.25, 0.3) is 0 Å². The van der Waals surface area contributed by atoms with Gasteiger partial charge < -0.3 is 19.6 Å². The van der Waals surface area contributed by atoms with Crippen LogP contribution in [0, 0.1) is 0 Å². The van der Waals surface area contributed by atoms with Crippen LogP contribution in [-0.4, -0.2) is 98.5 Å². The molecule has 5 heteroatoms. The van der Waals surface area contributed by atoms with Crippen molar-refractivity contribution in [3.05, 3.63) is 0 Å². The maximum absolute atomic E-state index is 12.3. The van der Waals surface area contributed by atoms with Crippen LogP contribution in [0.25, 0.3) is 0 Å². The van der Waals surface area contributed by atoms with Gasteiger partial charge in [-0.05, 0) is 33.5 Å². The van der Waals surface area contributed by atoms with Crippen molar-refractivity contribution in [3.8, 4) is 0 Å². The summed E-state index contributed by atoms with van der Waals surface area (Å²) in [4.78, 5) is 21.4. The van der Waals surface area contributed by atoms with Crippen molar-refractivity contribution in [2.24, 2.45) is 0 Å². The van der Waals surface area contributed by atoms with Gasteiger partial charge in [0.05, 0.1) is 0 Å². The topological polar surface area (TPSA) is 30.0 Å². The van der Waals surface area contributed by atoms with E-state index in [0.29, 0.717) is 18.4 Å². The SMILES string of the molecule is CN1CCN(CCC(=O)N(C)CC2CCCCN2C)CC1. The quantitative estimate of drug-likeness (QED) is 0.742. The number of piperidine rings is 1. The van der Waals surface area contributed by atoms with Gasteiger partial charge in [-0.3, -0.25) is 4.79 Å². The minimum absolute atomic E-state index is 0.299. The maximum Gasteiger partial charge on any atom is 0.223 e. The van der Waals surface area contributed by atoms with Gasteiger partial charge in [0, 0.05) is 58.8 Å². The molecule has 2 rings (SSSR count). The first-order chi connectivity index (χ1) is 10.1. The highest BCUT2D eigenvalue weighted by molar-refractivity contribution is 5.76. The molecule has 0 aromatic rings. The molecule has 1 amide bonds. The van der Waals surface area contributed by atoms with Gasteiger partial charge in [-0.25, -0.2) is 0 Å². The van der Waals surface area contributed by atoms with Gasteiger partial charge in [-0.15, -0.1) is 0 Å². The molecule has 122 valence electrons. The van der Waals surface area contributed by atoms with Gasteiger partial charge in [0.15, 0.2) is 0 Å². The largest absolute Gasteiger partial charge is 0.344 e. The number of amides is 1. The number of carbonyl (C=O) groups is 1. The summed E-state index contributed by atoms with van der Waals surface area (Å²) < 4.78 is 0. The van der Waals surface area contributed by atoms with Crippen LogP contribution in [0.3, 0.4) is 0 Å². The summed E-state index contributed by atoms with van der Waals surface area (Å²) in [6.07, 6.45) is 4.50. The molecule has 0 bridgehead atoms. The summed E-state index contributed by atoms with van der Waals surface area (Å²) in [6.45, 7) is 7.41. The highest BCUT2D eigenvalue weighted by Crippen LogP contribution is 2.16. The normalized spacial score (nSPS) is 26.0. The highest BCUT2D eigenvalue weighted by atomic mass is 16.2. The van der Waals surface area contributed by atoms with Crippen molar-refractivity contribution in [2.45, 2.75) is 31.7 Å². The van der Waals surface area contributed by atoms with Gasteiger partial charge in [-0.2, -0.15) is 0 Å². The predicted octanol–water partition coefficient (Wildman–Crippen LogP) is 0.567. The van der Waals surface area contributed by atoms with Gasteiger partial charge in [-0.1, -0.05) is 6.42 Å². The number of likely N-dealkylation sites (N-methyl/N-ethyl adjacent to an activating group) is 3. The van der Waals surface area contributed by atoms with E-state index >= 15 is 0 Å². The van der Waals surface area contributed by atoms with Crippen LogP contribution in [0.4, 0.5) is 0 Å². The van der Waals surface area contributed by atoms with Crippen LogP contribution in [-0.2, 0) is 4.79 Å². The molecule has 2 fully saturated rings. The summed E-state index contributed by atoms with van der Waals surface area (Å²) in [5, 5.41) is 0. The van der Waals surface area contributed by atoms with Crippen LogP contribution in [0.2, 0.25) is 0 Å². The molecule has 0 aromatic heterocycles. The summed E-state index contributed by atoms with van der Waals surface area (Å²) in [7, 11) is 6.32. The lowest BCUT2D eigenvalue weighted by molar-refractivity contribution is -0.131. The number of rotatable bonds is 5. The van der Waals surface area contributed by atoms with Crippen molar-refractivity contribution < 1.29 is 4.79 Å². The van der Waals surface area contributed by atoms with Crippen LogP contribution in [0.5, 0.6) is 0 Å². The zero-order valence-electron chi connectivity index (χ0n) is 14.1. The van der Waals surface area contributed by atoms with Crippen molar-refractivity contribution in [1.29, 1.82) is 0 Å². The molecule has 1 atom stereocenters. The zero-order chi connectivity index (χ0) is 15.2. The van der Waals surface area contributed by atoms with E-state index in [1.165, 1.54) is 25.8 Å². The lowest BCUT2D eigenvalue weighted by atomic mass is 10.0. The fraction of sp³-hybridized carbons (Fsp3) is 0.938. The van der Waals surface area contributed by atoms with Crippen LogP contribution in [0.15, 0.2) is 0 Å². The second-order valence-electron chi connectivity index (χ2n) is 6.80. The standard InChI is InChI=1S/C16H32N4O/c1-17-10-12-20(13-11-17)9-7-16(21)19(3)14-15-6-4-5-8-18(15)2/h15H,4-14H2,1-3H3. The number of carbonyl (C=O) groups excluding carboxylic acids is 1. The Labute approximate surface area is 129 Å². The monoisotopic (exact) mass is 296 g/mol. The third kappa shape index (κ3) is 5.24. The first-order valence-electron chi connectivity index (χ1n) is 8.41. The average molecular weight is 296 g/mol. The van der Waals surface area contributed by atoms with E-state index in [9.17, 15) is 4.79 Å². The third-order valence-electron chi connectivity index (χ3n) is 5.07. The van der Waals surface area contributed by atoms with Gasteiger partial charge in [0.1, 0.15) is 0 Å². The minimum Gasteiger partial charge on any atom is -0.344 e. The molecule has 1 unspecified atom stereocenters. The Morgan fingerprint density at radius 3 is 2.48 bits per heavy atom. The number of likely N-dealkylation sites (tertiary alicyclic amines) is 1. The number of piperazine rings is 1. The van der Waals surface area contributed by atoms with E-state index in [-0.39, 0.29) is 0 Å². The maximum atomic E-state index is 12.3. The Bertz CT molecular complexity index is 328. The van der Waals surface area contributed by atoms with E-state index in [1.54, 1.807) is 0 Å². The van der Waals surface area contributed by atoms with E-state index in [0.717, 1.165) is 39.3 Å². The smallest absolute Gasteiger partial charge is 0.223 e. The minimum atomic E-state index is 0.299. The fourth-order valence-corrected chi connectivity index (χ4v) is 3.31. The molecule has 2 heterocycles. The molecule has 0 radical (unpaired) electrons. The van der Waals surface area contributed by atoms with E-state index in [1.807, 2.05) is 11.9 Å². The molecule has 2 saturated heterocycles.